The van der Waals surface area contributed by atoms with E-state index in [1.54, 1.807) is 11.3 Å². The quantitative estimate of drug-likeness (QED) is 0.340. The molecule has 0 N–H and O–H groups in total. The summed E-state index contributed by atoms with van der Waals surface area (Å²) < 4.78 is 6.56. The Hall–Kier alpha value is -2.62. The van der Waals surface area contributed by atoms with E-state index in [1.165, 1.54) is 21.2 Å². The molecule has 0 aliphatic carbocycles. The van der Waals surface area contributed by atoms with E-state index in [0.29, 0.717) is 0 Å². The Balaban J connectivity index is 1.48. The molecule has 142 valence electrons. The van der Waals surface area contributed by atoms with E-state index in [4.69, 9.17) is 4.74 Å². The number of nitrogens with zero attached hydrogens (tertiary/aromatic N) is 1. The fourth-order valence-corrected chi connectivity index (χ4v) is 4.29. The maximum Gasteiger partial charge on any atom is 0.134 e. The van der Waals surface area contributed by atoms with Crippen LogP contribution in [0, 0.1) is 0 Å². The van der Waals surface area contributed by atoms with Gasteiger partial charge in [0.25, 0.3) is 0 Å². The van der Waals surface area contributed by atoms with E-state index in [0.717, 1.165) is 25.3 Å². The van der Waals surface area contributed by atoms with Crippen molar-refractivity contribution in [1.29, 1.82) is 0 Å². The third kappa shape index (κ3) is 4.61. The van der Waals surface area contributed by atoms with Crippen LogP contribution in [0.1, 0.15) is 23.0 Å². The van der Waals surface area contributed by atoms with E-state index in [-0.39, 0.29) is 6.10 Å². The number of hydrogen-bond acceptors (Lipinski definition) is 3. The van der Waals surface area contributed by atoms with Crippen LogP contribution in [0.15, 0.2) is 90.3 Å². The summed E-state index contributed by atoms with van der Waals surface area (Å²) in [6.45, 7) is 1.93. The molecule has 0 bridgehead atoms. The zero-order chi connectivity index (χ0) is 19.2. The van der Waals surface area contributed by atoms with Gasteiger partial charge in [-0.05, 0) is 35.5 Å². The summed E-state index contributed by atoms with van der Waals surface area (Å²) in [7, 11) is 2.18. The van der Waals surface area contributed by atoms with Crippen LogP contribution >= 0.6 is 11.3 Å². The molecule has 0 radical (unpaired) electrons. The molecule has 28 heavy (non-hydrogen) atoms. The average Bonchev–Trinajstić information content (AvgIpc) is 3.27. The first-order chi connectivity index (χ1) is 13.8. The zero-order valence-corrected chi connectivity index (χ0v) is 16.9. The fraction of sp³-hybridized carbons (Fsp3) is 0.200. The van der Waals surface area contributed by atoms with Crippen molar-refractivity contribution in [2.45, 2.75) is 19.1 Å². The van der Waals surface area contributed by atoms with Crippen LogP contribution in [0.2, 0.25) is 0 Å². The van der Waals surface area contributed by atoms with Crippen LogP contribution in [-0.4, -0.2) is 18.5 Å². The normalized spacial score (nSPS) is 12.4. The summed E-state index contributed by atoms with van der Waals surface area (Å²) in [5.74, 6) is 0.960. The van der Waals surface area contributed by atoms with Crippen molar-refractivity contribution >= 4 is 22.1 Å². The maximum atomic E-state index is 6.56. The van der Waals surface area contributed by atoms with Gasteiger partial charge in [-0.1, -0.05) is 72.8 Å². The molecular formula is C25H25NOS. The highest BCUT2D eigenvalue weighted by Gasteiger charge is 2.17. The van der Waals surface area contributed by atoms with Gasteiger partial charge in [-0.3, -0.25) is 0 Å². The van der Waals surface area contributed by atoms with Crippen LogP contribution in [0.3, 0.4) is 0 Å². The molecule has 1 heterocycles. The van der Waals surface area contributed by atoms with Crippen molar-refractivity contribution in [2.75, 3.05) is 13.6 Å². The molecule has 0 saturated heterocycles. The van der Waals surface area contributed by atoms with Crippen LogP contribution in [-0.2, 0) is 6.54 Å². The highest BCUT2D eigenvalue weighted by atomic mass is 32.1. The Labute approximate surface area is 171 Å². The van der Waals surface area contributed by atoms with Crippen molar-refractivity contribution in [2.24, 2.45) is 0 Å². The minimum Gasteiger partial charge on any atom is -0.484 e. The highest BCUT2D eigenvalue weighted by molar-refractivity contribution is 7.10. The van der Waals surface area contributed by atoms with Crippen molar-refractivity contribution in [3.8, 4) is 5.75 Å². The zero-order valence-electron chi connectivity index (χ0n) is 16.1. The summed E-state index contributed by atoms with van der Waals surface area (Å²) in [5, 5.41) is 4.51. The Morgan fingerprint density at radius 2 is 1.64 bits per heavy atom. The molecular weight excluding hydrogens is 362 g/mol. The third-order valence-electron chi connectivity index (χ3n) is 4.95. The van der Waals surface area contributed by atoms with Crippen LogP contribution < -0.4 is 4.74 Å². The predicted octanol–water partition coefficient (Wildman–Crippen LogP) is 6.54. The maximum absolute atomic E-state index is 6.56. The first-order valence-corrected chi connectivity index (χ1v) is 10.6. The van der Waals surface area contributed by atoms with E-state index in [1.807, 2.05) is 0 Å². The number of rotatable bonds is 8. The lowest BCUT2D eigenvalue weighted by atomic mass is 10.1. The summed E-state index contributed by atoms with van der Waals surface area (Å²) >= 11 is 1.77. The molecule has 1 atom stereocenters. The predicted molar refractivity (Wildman–Crippen MR) is 119 cm³/mol. The lowest BCUT2D eigenvalue weighted by Gasteiger charge is -2.23. The largest absolute Gasteiger partial charge is 0.484 e. The summed E-state index contributed by atoms with van der Waals surface area (Å²) in [4.78, 5) is 3.64. The second kappa shape index (κ2) is 9.05. The van der Waals surface area contributed by atoms with Gasteiger partial charge < -0.3 is 9.64 Å². The van der Waals surface area contributed by atoms with Crippen molar-refractivity contribution in [1.82, 2.24) is 4.90 Å². The molecule has 3 heteroatoms. The van der Waals surface area contributed by atoms with Gasteiger partial charge in [0, 0.05) is 29.8 Å². The minimum absolute atomic E-state index is 0.0593. The number of benzene rings is 3. The van der Waals surface area contributed by atoms with E-state index in [2.05, 4.69) is 102 Å². The monoisotopic (exact) mass is 387 g/mol. The SMILES string of the molecule is CN(CCC(Oc1cccc2ccccc12)c1cccs1)Cc1ccccc1. The first-order valence-electron chi connectivity index (χ1n) is 9.70. The van der Waals surface area contributed by atoms with Gasteiger partial charge in [-0.25, -0.2) is 0 Å². The van der Waals surface area contributed by atoms with E-state index < -0.39 is 0 Å². The molecule has 0 aliphatic heterocycles. The Morgan fingerprint density at radius 1 is 0.857 bits per heavy atom. The summed E-state index contributed by atoms with van der Waals surface area (Å²) in [6, 6.07) is 29.6. The molecule has 0 aliphatic rings. The molecule has 0 spiro atoms. The fourth-order valence-electron chi connectivity index (χ4n) is 3.50. The molecule has 1 aromatic heterocycles. The minimum atomic E-state index is 0.0593. The number of thiophene rings is 1. The number of ether oxygens (including phenoxy) is 1. The average molecular weight is 388 g/mol. The van der Waals surface area contributed by atoms with E-state index in [9.17, 15) is 0 Å². The van der Waals surface area contributed by atoms with Gasteiger partial charge in [0.2, 0.25) is 0 Å². The van der Waals surface area contributed by atoms with Gasteiger partial charge >= 0.3 is 0 Å². The Bertz CT molecular complexity index is 992. The molecule has 4 aromatic rings. The van der Waals surface area contributed by atoms with Gasteiger partial charge in [0.05, 0.1) is 0 Å². The molecule has 0 fully saturated rings. The molecule has 4 rings (SSSR count). The number of fused-ring (bicyclic) bond motifs is 1. The smallest absolute Gasteiger partial charge is 0.134 e. The van der Waals surface area contributed by atoms with Crippen molar-refractivity contribution < 1.29 is 4.74 Å². The number of hydrogen-bond donors (Lipinski definition) is 0. The van der Waals surface area contributed by atoms with Crippen molar-refractivity contribution in [3.63, 3.8) is 0 Å². The molecule has 2 nitrogen and oxygen atoms in total. The van der Waals surface area contributed by atoms with Crippen LogP contribution in [0.4, 0.5) is 0 Å². The molecule has 0 saturated carbocycles. The lowest BCUT2D eigenvalue weighted by Crippen LogP contribution is -2.22. The summed E-state index contributed by atoms with van der Waals surface area (Å²) in [5.41, 5.74) is 1.34. The topological polar surface area (TPSA) is 12.5 Å². The Kier molecular flexibility index (Phi) is 6.05. The van der Waals surface area contributed by atoms with Crippen molar-refractivity contribution in [3.05, 3.63) is 101 Å². The second-order valence-corrected chi connectivity index (χ2v) is 8.09. The highest BCUT2D eigenvalue weighted by Crippen LogP contribution is 2.32. The summed E-state index contributed by atoms with van der Waals surface area (Å²) in [6.07, 6.45) is 1.01. The standard InChI is InChI=1S/C25H25NOS/c1-26(19-20-9-3-2-4-10-20)17-16-24(25-15-8-18-28-25)27-23-14-7-12-21-11-5-6-13-22(21)23/h2-15,18,24H,16-17,19H2,1H3. The first kappa shape index (κ1) is 18.7. The van der Waals surface area contributed by atoms with Gasteiger partial charge in [0.1, 0.15) is 11.9 Å². The third-order valence-corrected chi connectivity index (χ3v) is 5.91. The van der Waals surface area contributed by atoms with Gasteiger partial charge in [0.15, 0.2) is 0 Å². The second-order valence-electron chi connectivity index (χ2n) is 7.11. The van der Waals surface area contributed by atoms with Crippen LogP contribution in [0.5, 0.6) is 5.75 Å². The Morgan fingerprint density at radius 3 is 2.46 bits per heavy atom. The molecule has 0 amide bonds. The van der Waals surface area contributed by atoms with Crippen LogP contribution in [0.25, 0.3) is 10.8 Å². The van der Waals surface area contributed by atoms with Gasteiger partial charge in [-0.15, -0.1) is 11.3 Å². The molecule has 3 aromatic carbocycles. The van der Waals surface area contributed by atoms with Gasteiger partial charge in [-0.2, -0.15) is 0 Å². The molecule has 1 unspecified atom stereocenters. The lowest BCUT2D eigenvalue weighted by molar-refractivity contribution is 0.176. The van der Waals surface area contributed by atoms with E-state index >= 15 is 0 Å².